The maximum Gasteiger partial charge on any atom is 0.323 e. The average molecular weight is 434 g/mol. The van der Waals surface area contributed by atoms with E-state index in [2.05, 4.69) is 5.32 Å². The van der Waals surface area contributed by atoms with Crippen molar-refractivity contribution in [3.8, 4) is 0 Å². The highest BCUT2D eigenvalue weighted by Gasteiger charge is 2.59. The molecule has 1 atom stereocenters. The van der Waals surface area contributed by atoms with Gasteiger partial charge in [0.05, 0.1) is 12.2 Å². The summed E-state index contributed by atoms with van der Waals surface area (Å²) in [7, 11) is 0. The van der Waals surface area contributed by atoms with E-state index in [4.69, 9.17) is 0 Å². The number of anilines is 2. The lowest BCUT2D eigenvalue weighted by Crippen LogP contribution is -2.51. The summed E-state index contributed by atoms with van der Waals surface area (Å²) < 4.78 is 13.3. The van der Waals surface area contributed by atoms with Gasteiger partial charge in [0.2, 0.25) is 0 Å². The van der Waals surface area contributed by atoms with Crippen LogP contribution in [0.1, 0.15) is 11.1 Å². The van der Waals surface area contributed by atoms with Gasteiger partial charge < -0.3 is 10.2 Å². The third-order valence-electron chi connectivity index (χ3n) is 5.63. The minimum atomic E-state index is -1.10. The van der Waals surface area contributed by atoms with Crippen LogP contribution in [0.5, 0.6) is 0 Å². The lowest BCUT2D eigenvalue weighted by atomic mass is 10.1. The zero-order valence-electron chi connectivity index (χ0n) is 16.6. The largest absolute Gasteiger partial charge is 0.323 e. The van der Waals surface area contributed by atoms with E-state index in [9.17, 15) is 14.0 Å². The molecule has 2 heterocycles. The van der Waals surface area contributed by atoms with Gasteiger partial charge in [-0.1, -0.05) is 48.5 Å². The summed E-state index contributed by atoms with van der Waals surface area (Å²) >= 11 is 1.48. The maximum absolute atomic E-state index is 13.8. The predicted molar refractivity (Wildman–Crippen MR) is 120 cm³/mol. The van der Waals surface area contributed by atoms with Crippen LogP contribution in [0.3, 0.4) is 0 Å². The van der Waals surface area contributed by atoms with Crippen molar-refractivity contribution in [2.75, 3.05) is 22.5 Å². The molecule has 31 heavy (non-hydrogen) atoms. The number of nitrogens with one attached hydrogen (secondary N) is 1. The zero-order chi connectivity index (χ0) is 21.4. The molecule has 1 saturated heterocycles. The van der Waals surface area contributed by atoms with Gasteiger partial charge in [0, 0.05) is 23.5 Å². The van der Waals surface area contributed by atoms with Gasteiger partial charge in [-0.3, -0.25) is 9.69 Å². The molecule has 2 aliphatic heterocycles. The number of fused-ring (bicyclic) bond motifs is 2. The number of para-hydroxylation sites is 2. The molecule has 3 aromatic carbocycles. The Labute approximate surface area is 183 Å². The molecular formula is C24H20FN3O2S. The number of hydrogen-bond donors (Lipinski definition) is 1. The Hall–Kier alpha value is -3.32. The van der Waals surface area contributed by atoms with Crippen molar-refractivity contribution in [3.05, 3.63) is 95.8 Å². The van der Waals surface area contributed by atoms with Crippen LogP contribution < -0.4 is 10.2 Å². The van der Waals surface area contributed by atoms with Crippen LogP contribution in [0.2, 0.25) is 0 Å². The number of hydrogen-bond acceptors (Lipinski definition) is 3. The Kier molecular flexibility index (Phi) is 4.90. The Morgan fingerprint density at radius 1 is 1.00 bits per heavy atom. The Morgan fingerprint density at radius 2 is 1.71 bits per heavy atom. The zero-order valence-corrected chi connectivity index (χ0v) is 17.4. The van der Waals surface area contributed by atoms with Gasteiger partial charge in [0.25, 0.3) is 5.91 Å². The fourth-order valence-corrected chi connectivity index (χ4v) is 5.67. The topological polar surface area (TPSA) is 52.7 Å². The number of rotatable bonds is 3. The summed E-state index contributed by atoms with van der Waals surface area (Å²) in [4.78, 5) is 29.3. The second kappa shape index (κ2) is 7.74. The number of nitrogens with zero attached hydrogens (tertiary/aromatic N) is 2. The lowest BCUT2D eigenvalue weighted by molar-refractivity contribution is -0.123. The third-order valence-corrected chi connectivity index (χ3v) is 7.04. The Balaban J connectivity index is 1.51. The second-order valence-corrected chi connectivity index (χ2v) is 8.76. The molecule has 5 rings (SSSR count). The van der Waals surface area contributed by atoms with Gasteiger partial charge in [0.15, 0.2) is 4.87 Å². The monoisotopic (exact) mass is 433 g/mol. The van der Waals surface area contributed by atoms with E-state index in [0.717, 1.165) is 16.8 Å². The molecule has 3 aromatic rings. The molecule has 0 aliphatic carbocycles. The molecule has 1 spiro atoms. The van der Waals surface area contributed by atoms with Crippen molar-refractivity contribution < 1.29 is 14.0 Å². The van der Waals surface area contributed by atoms with Crippen molar-refractivity contribution in [2.24, 2.45) is 0 Å². The van der Waals surface area contributed by atoms with E-state index in [1.807, 2.05) is 54.6 Å². The normalized spacial score (nSPS) is 19.7. The number of carbonyl (C=O) groups is 2. The fourth-order valence-electron chi connectivity index (χ4n) is 4.21. The van der Waals surface area contributed by atoms with Gasteiger partial charge in [-0.15, -0.1) is 11.8 Å². The number of amides is 3. The fraction of sp³-hybridized carbons (Fsp3) is 0.167. The highest BCUT2D eigenvalue weighted by molar-refractivity contribution is 8.01. The molecule has 1 unspecified atom stereocenters. The SMILES string of the molecule is O=C(Nc1ccccc1)N1CCSC12C(=O)N(Cc1ccc(F)cc1)c1ccccc12. The van der Waals surface area contributed by atoms with Crippen LogP contribution in [0.4, 0.5) is 20.6 Å². The van der Waals surface area contributed by atoms with Gasteiger partial charge in [-0.05, 0) is 35.9 Å². The molecule has 5 nitrogen and oxygen atoms in total. The molecule has 3 amide bonds. The summed E-state index contributed by atoms with van der Waals surface area (Å²) in [6, 6.07) is 22.6. The van der Waals surface area contributed by atoms with Crippen molar-refractivity contribution >= 4 is 35.1 Å². The lowest BCUT2D eigenvalue weighted by Gasteiger charge is -2.33. The van der Waals surface area contributed by atoms with E-state index in [0.29, 0.717) is 24.5 Å². The van der Waals surface area contributed by atoms with Crippen molar-refractivity contribution in [1.82, 2.24) is 4.90 Å². The van der Waals surface area contributed by atoms with E-state index in [1.165, 1.54) is 23.9 Å². The van der Waals surface area contributed by atoms with Gasteiger partial charge >= 0.3 is 6.03 Å². The van der Waals surface area contributed by atoms with Crippen LogP contribution in [0, 0.1) is 5.82 Å². The first kappa shape index (κ1) is 19.6. The van der Waals surface area contributed by atoms with Crippen molar-refractivity contribution in [1.29, 1.82) is 0 Å². The number of benzene rings is 3. The van der Waals surface area contributed by atoms with E-state index >= 15 is 0 Å². The van der Waals surface area contributed by atoms with Crippen LogP contribution in [0.15, 0.2) is 78.9 Å². The minimum absolute atomic E-state index is 0.149. The minimum Gasteiger partial charge on any atom is -0.308 e. The quantitative estimate of drug-likeness (QED) is 0.645. The first-order valence-electron chi connectivity index (χ1n) is 10.0. The molecule has 0 radical (unpaired) electrons. The van der Waals surface area contributed by atoms with Crippen LogP contribution in [-0.2, 0) is 16.2 Å². The predicted octanol–water partition coefficient (Wildman–Crippen LogP) is 4.81. The van der Waals surface area contributed by atoms with Gasteiger partial charge in [-0.2, -0.15) is 0 Å². The molecule has 0 saturated carbocycles. The highest BCUT2D eigenvalue weighted by atomic mass is 32.2. The van der Waals surface area contributed by atoms with Gasteiger partial charge in [0.1, 0.15) is 5.82 Å². The molecule has 1 N–H and O–H groups in total. The summed E-state index contributed by atoms with van der Waals surface area (Å²) in [6.45, 7) is 0.778. The number of carbonyl (C=O) groups excluding carboxylic acids is 2. The molecule has 1 fully saturated rings. The van der Waals surface area contributed by atoms with Crippen LogP contribution in [-0.4, -0.2) is 29.1 Å². The molecule has 0 aromatic heterocycles. The summed E-state index contributed by atoms with van der Waals surface area (Å²) in [5.41, 5.74) is 3.10. The number of urea groups is 1. The molecule has 0 bridgehead atoms. The molecule has 2 aliphatic rings. The second-order valence-electron chi connectivity index (χ2n) is 7.48. The summed E-state index contributed by atoms with van der Waals surface area (Å²) in [5.74, 6) is 0.194. The summed E-state index contributed by atoms with van der Waals surface area (Å²) in [5, 5.41) is 2.92. The number of halogens is 1. The van der Waals surface area contributed by atoms with Gasteiger partial charge in [-0.25, -0.2) is 9.18 Å². The van der Waals surface area contributed by atoms with Crippen molar-refractivity contribution in [3.63, 3.8) is 0 Å². The first-order valence-corrected chi connectivity index (χ1v) is 11.0. The maximum atomic E-state index is 13.8. The van der Waals surface area contributed by atoms with Crippen LogP contribution in [0.25, 0.3) is 0 Å². The molecule has 156 valence electrons. The Bertz CT molecular complexity index is 1140. The van der Waals surface area contributed by atoms with E-state index in [1.54, 1.807) is 21.9 Å². The third kappa shape index (κ3) is 3.25. The molecular weight excluding hydrogens is 413 g/mol. The number of thioether (sulfide) groups is 1. The first-order chi connectivity index (χ1) is 15.1. The van der Waals surface area contributed by atoms with Crippen molar-refractivity contribution in [2.45, 2.75) is 11.4 Å². The summed E-state index contributed by atoms with van der Waals surface area (Å²) in [6.07, 6.45) is 0. The molecule has 7 heteroatoms. The average Bonchev–Trinajstić information content (AvgIpc) is 3.33. The standard InChI is InChI=1S/C24H20FN3O2S/c25-18-12-10-17(11-13-18)16-27-21-9-5-4-8-20(21)24(22(27)29)28(14-15-31-24)23(30)26-19-6-2-1-3-7-19/h1-13H,14-16H2,(H,26,30). The van der Waals surface area contributed by atoms with Crippen LogP contribution >= 0.6 is 11.8 Å². The van der Waals surface area contributed by atoms with E-state index in [-0.39, 0.29) is 17.8 Å². The Morgan fingerprint density at radius 3 is 2.48 bits per heavy atom. The highest BCUT2D eigenvalue weighted by Crippen LogP contribution is 2.54. The van der Waals surface area contributed by atoms with E-state index < -0.39 is 4.87 Å². The smallest absolute Gasteiger partial charge is 0.308 e.